The molecule has 0 amide bonds. The molecule has 1 aliphatic heterocycles. The van der Waals surface area contributed by atoms with Crippen molar-refractivity contribution in [3.8, 4) is 0 Å². The zero-order chi connectivity index (χ0) is 15.1. The first-order valence-corrected chi connectivity index (χ1v) is 8.38. The molecule has 1 fully saturated rings. The highest BCUT2D eigenvalue weighted by molar-refractivity contribution is 5.45. The molecule has 3 heteroatoms. The lowest BCUT2D eigenvalue weighted by atomic mass is 9.98. The van der Waals surface area contributed by atoms with Crippen LogP contribution in [0.25, 0.3) is 0 Å². The Balaban J connectivity index is 1.91. The van der Waals surface area contributed by atoms with Crippen LogP contribution in [0.15, 0.2) is 24.3 Å². The summed E-state index contributed by atoms with van der Waals surface area (Å²) in [5.41, 5.74) is 2.70. The van der Waals surface area contributed by atoms with E-state index >= 15 is 0 Å². The summed E-state index contributed by atoms with van der Waals surface area (Å²) in [6.07, 6.45) is 3.95. The predicted octanol–water partition coefficient (Wildman–Crippen LogP) is 2.96. The topological polar surface area (TPSA) is 18.5 Å². The summed E-state index contributed by atoms with van der Waals surface area (Å²) in [5, 5.41) is 3.53. The number of nitrogens with zero attached hydrogens (tertiary/aromatic N) is 2. The minimum absolute atomic E-state index is 0.825. The molecular formula is C18H31N3. The highest BCUT2D eigenvalue weighted by Gasteiger charge is 2.16. The lowest BCUT2D eigenvalue weighted by Gasteiger charge is -2.30. The Morgan fingerprint density at radius 3 is 2.52 bits per heavy atom. The third-order valence-electron chi connectivity index (χ3n) is 4.31. The molecule has 118 valence electrons. The number of hydrogen-bond donors (Lipinski definition) is 1. The van der Waals surface area contributed by atoms with Crippen LogP contribution < -0.4 is 10.2 Å². The number of nitrogens with one attached hydrogen (secondary N) is 1. The van der Waals surface area contributed by atoms with Gasteiger partial charge in [-0.3, -0.25) is 4.90 Å². The first-order chi connectivity index (χ1) is 10.2. The average Bonchev–Trinajstić information content (AvgIpc) is 2.49. The maximum atomic E-state index is 3.53. The molecular weight excluding hydrogens is 258 g/mol. The van der Waals surface area contributed by atoms with E-state index in [9.17, 15) is 0 Å². The van der Waals surface area contributed by atoms with Gasteiger partial charge in [-0.1, -0.05) is 19.1 Å². The van der Waals surface area contributed by atoms with Crippen LogP contribution in [0.4, 0.5) is 5.69 Å². The van der Waals surface area contributed by atoms with E-state index in [2.05, 4.69) is 60.4 Å². The van der Waals surface area contributed by atoms with Gasteiger partial charge in [0, 0.05) is 32.9 Å². The quantitative estimate of drug-likeness (QED) is 0.832. The number of benzene rings is 1. The maximum absolute atomic E-state index is 3.53. The van der Waals surface area contributed by atoms with Crippen molar-refractivity contribution in [3.63, 3.8) is 0 Å². The van der Waals surface area contributed by atoms with Gasteiger partial charge in [-0.2, -0.15) is 0 Å². The smallest absolute Gasteiger partial charge is 0.0361 e. The monoisotopic (exact) mass is 289 g/mol. The molecule has 1 aromatic carbocycles. The molecule has 1 aliphatic rings. The SMILES string of the molecule is CCCN(Cc1ccc(N(C)C)cc1)CC1CCCNC1. The van der Waals surface area contributed by atoms with Gasteiger partial charge in [0.1, 0.15) is 0 Å². The fourth-order valence-electron chi connectivity index (χ4n) is 3.15. The first kappa shape index (κ1) is 16.3. The Labute approximate surface area is 130 Å². The molecule has 0 bridgehead atoms. The van der Waals surface area contributed by atoms with Crippen molar-refractivity contribution in [3.05, 3.63) is 29.8 Å². The molecule has 1 saturated heterocycles. The highest BCUT2D eigenvalue weighted by Crippen LogP contribution is 2.17. The van der Waals surface area contributed by atoms with Gasteiger partial charge in [0.2, 0.25) is 0 Å². The highest BCUT2D eigenvalue weighted by atomic mass is 15.1. The van der Waals surface area contributed by atoms with E-state index in [1.54, 1.807) is 0 Å². The van der Waals surface area contributed by atoms with E-state index in [-0.39, 0.29) is 0 Å². The Morgan fingerprint density at radius 2 is 1.95 bits per heavy atom. The molecule has 2 rings (SSSR count). The second-order valence-electron chi connectivity index (χ2n) is 6.51. The van der Waals surface area contributed by atoms with Crippen LogP contribution in [-0.2, 0) is 6.54 Å². The van der Waals surface area contributed by atoms with Gasteiger partial charge >= 0.3 is 0 Å². The minimum atomic E-state index is 0.825. The number of piperidine rings is 1. The fraction of sp³-hybridized carbons (Fsp3) is 0.667. The Kier molecular flexibility index (Phi) is 6.52. The van der Waals surface area contributed by atoms with E-state index in [1.165, 1.54) is 56.7 Å². The van der Waals surface area contributed by atoms with Crippen LogP contribution in [0, 0.1) is 5.92 Å². The summed E-state index contributed by atoms with van der Waals surface area (Å²) in [4.78, 5) is 4.78. The normalized spacial score (nSPS) is 19.0. The van der Waals surface area contributed by atoms with Crippen molar-refractivity contribution >= 4 is 5.69 Å². The van der Waals surface area contributed by atoms with Crippen molar-refractivity contribution in [2.24, 2.45) is 5.92 Å². The van der Waals surface area contributed by atoms with Crippen LogP contribution in [0.2, 0.25) is 0 Å². The zero-order valence-corrected chi connectivity index (χ0v) is 13.9. The zero-order valence-electron chi connectivity index (χ0n) is 13.9. The van der Waals surface area contributed by atoms with Crippen molar-refractivity contribution in [1.29, 1.82) is 0 Å². The maximum Gasteiger partial charge on any atom is 0.0361 e. The summed E-state index contributed by atoms with van der Waals surface area (Å²) in [5.74, 6) is 0.825. The van der Waals surface area contributed by atoms with Crippen molar-refractivity contribution in [2.75, 3.05) is 45.2 Å². The standard InChI is InChI=1S/C18H31N3/c1-4-12-21(15-17-6-5-11-19-13-17)14-16-7-9-18(10-8-16)20(2)3/h7-10,17,19H,4-6,11-15H2,1-3H3. The van der Waals surface area contributed by atoms with E-state index in [1.807, 2.05) is 0 Å². The minimum Gasteiger partial charge on any atom is -0.378 e. The van der Waals surface area contributed by atoms with E-state index in [4.69, 9.17) is 0 Å². The van der Waals surface area contributed by atoms with Crippen LogP contribution in [0.1, 0.15) is 31.7 Å². The first-order valence-electron chi connectivity index (χ1n) is 8.38. The molecule has 1 aromatic rings. The fourth-order valence-corrected chi connectivity index (χ4v) is 3.15. The van der Waals surface area contributed by atoms with Gasteiger partial charge in [-0.05, 0) is 62.5 Å². The van der Waals surface area contributed by atoms with Gasteiger partial charge in [-0.15, -0.1) is 0 Å². The van der Waals surface area contributed by atoms with Crippen LogP contribution in [0.3, 0.4) is 0 Å². The van der Waals surface area contributed by atoms with Crippen molar-refractivity contribution in [1.82, 2.24) is 10.2 Å². The molecule has 1 unspecified atom stereocenters. The number of hydrogen-bond acceptors (Lipinski definition) is 3. The largest absolute Gasteiger partial charge is 0.378 e. The predicted molar refractivity (Wildman–Crippen MR) is 91.9 cm³/mol. The van der Waals surface area contributed by atoms with E-state index in [0.717, 1.165) is 12.5 Å². The molecule has 21 heavy (non-hydrogen) atoms. The molecule has 3 nitrogen and oxygen atoms in total. The lowest BCUT2D eigenvalue weighted by Crippen LogP contribution is -2.38. The van der Waals surface area contributed by atoms with Gasteiger partial charge in [-0.25, -0.2) is 0 Å². The van der Waals surface area contributed by atoms with Crippen LogP contribution in [0.5, 0.6) is 0 Å². The van der Waals surface area contributed by atoms with Crippen LogP contribution in [-0.4, -0.2) is 45.2 Å². The number of anilines is 1. The van der Waals surface area contributed by atoms with E-state index < -0.39 is 0 Å². The van der Waals surface area contributed by atoms with Crippen molar-refractivity contribution < 1.29 is 0 Å². The Morgan fingerprint density at radius 1 is 1.19 bits per heavy atom. The average molecular weight is 289 g/mol. The van der Waals surface area contributed by atoms with Crippen molar-refractivity contribution in [2.45, 2.75) is 32.7 Å². The lowest BCUT2D eigenvalue weighted by molar-refractivity contribution is 0.201. The second kappa shape index (κ2) is 8.40. The third-order valence-corrected chi connectivity index (χ3v) is 4.31. The summed E-state index contributed by atoms with van der Waals surface area (Å²) in [7, 11) is 4.18. The molecule has 0 spiro atoms. The number of rotatable bonds is 7. The van der Waals surface area contributed by atoms with Gasteiger partial charge in [0.15, 0.2) is 0 Å². The third kappa shape index (κ3) is 5.33. The second-order valence-corrected chi connectivity index (χ2v) is 6.51. The van der Waals surface area contributed by atoms with Gasteiger partial charge in [0.25, 0.3) is 0 Å². The molecule has 0 aromatic heterocycles. The summed E-state index contributed by atoms with van der Waals surface area (Å²) in [6.45, 7) is 8.19. The molecule has 0 radical (unpaired) electrons. The Hall–Kier alpha value is -1.06. The van der Waals surface area contributed by atoms with Gasteiger partial charge in [0.05, 0.1) is 0 Å². The molecule has 1 heterocycles. The summed E-state index contributed by atoms with van der Waals surface area (Å²) in [6, 6.07) is 9.00. The molecule has 1 N–H and O–H groups in total. The molecule has 0 aliphatic carbocycles. The molecule has 0 saturated carbocycles. The van der Waals surface area contributed by atoms with Gasteiger partial charge < -0.3 is 10.2 Å². The van der Waals surface area contributed by atoms with E-state index in [0.29, 0.717) is 0 Å². The Bertz CT molecular complexity index is 393. The van der Waals surface area contributed by atoms with Crippen LogP contribution >= 0.6 is 0 Å². The molecule has 1 atom stereocenters. The summed E-state index contributed by atoms with van der Waals surface area (Å²) >= 11 is 0. The summed E-state index contributed by atoms with van der Waals surface area (Å²) < 4.78 is 0.